The van der Waals surface area contributed by atoms with E-state index < -0.39 is 43.1 Å². The van der Waals surface area contributed by atoms with Gasteiger partial charge in [-0.1, -0.05) is 22.0 Å². The highest BCUT2D eigenvalue weighted by Gasteiger charge is 2.53. The fourth-order valence-electron chi connectivity index (χ4n) is 2.32. The summed E-state index contributed by atoms with van der Waals surface area (Å²) >= 11 is 3.21. The van der Waals surface area contributed by atoms with E-state index in [1.165, 1.54) is 0 Å². The van der Waals surface area contributed by atoms with Crippen molar-refractivity contribution in [2.75, 3.05) is 18.4 Å². The lowest BCUT2D eigenvalue weighted by atomic mass is 9.96. The summed E-state index contributed by atoms with van der Waals surface area (Å²) in [4.78, 5) is 23.8. The molecule has 2 atom stereocenters. The van der Waals surface area contributed by atoms with E-state index in [4.69, 9.17) is 5.11 Å². The molecule has 0 saturated carbocycles. The number of amides is 2. The Hall–Kier alpha value is -1.77. The van der Waals surface area contributed by atoms with Gasteiger partial charge in [0.05, 0.1) is 11.8 Å². The number of nitrogens with zero attached hydrogens (tertiary/aromatic N) is 1. The Morgan fingerprint density at radius 3 is 2.50 bits per heavy atom. The van der Waals surface area contributed by atoms with Crippen molar-refractivity contribution in [3.8, 4) is 0 Å². The van der Waals surface area contributed by atoms with Gasteiger partial charge in [0.15, 0.2) is 0 Å². The molecule has 1 aliphatic rings. The van der Waals surface area contributed by atoms with Crippen LogP contribution in [-0.2, 0) is 4.79 Å². The minimum Gasteiger partial charge on any atom is -0.481 e. The first kappa shape index (κ1) is 16.6. The van der Waals surface area contributed by atoms with Gasteiger partial charge in [-0.3, -0.25) is 4.79 Å². The van der Waals surface area contributed by atoms with Crippen molar-refractivity contribution in [2.24, 2.45) is 11.8 Å². The number of halogens is 4. The summed E-state index contributed by atoms with van der Waals surface area (Å²) in [7, 11) is 0. The van der Waals surface area contributed by atoms with E-state index in [2.05, 4.69) is 21.2 Å². The molecule has 1 aliphatic heterocycles. The number of alkyl halides is 3. The predicted octanol–water partition coefficient (Wildman–Crippen LogP) is 3.18. The number of carboxylic acid groups (broad SMARTS) is 1. The Balaban J connectivity index is 2.10. The first-order valence-electron chi connectivity index (χ1n) is 6.29. The molecule has 0 bridgehead atoms. The largest absolute Gasteiger partial charge is 0.481 e. The monoisotopic (exact) mass is 380 g/mol. The van der Waals surface area contributed by atoms with E-state index >= 15 is 0 Å². The number of benzene rings is 1. The van der Waals surface area contributed by atoms with Crippen LogP contribution in [-0.4, -0.2) is 41.3 Å². The van der Waals surface area contributed by atoms with E-state index in [0.29, 0.717) is 10.2 Å². The maximum Gasteiger partial charge on any atom is 0.394 e. The SMILES string of the molecule is O=C(O)[C@@H]1CN(C(=O)Nc2cccc(Br)c2)C[C@H]1C(F)(F)F. The molecule has 0 spiro atoms. The number of carbonyl (C=O) groups is 2. The van der Waals surface area contributed by atoms with Crippen LogP contribution >= 0.6 is 15.9 Å². The average molecular weight is 381 g/mol. The number of nitrogens with one attached hydrogen (secondary N) is 1. The van der Waals surface area contributed by atoms with Gasteiger partial charge in [-0.25, -0.2) is 4.79 Å². The molecule has 0 radical (unpaired) electrons. The van der Waals surface area contributed by atoms with Crippen LogP contribution in [0.2, 0.25) is 0 Å². The molecule has 120 valence electrons. The van der Waals surface area contributed by atoms with Gasteiger partial charge in [-0.2, -0.15) is 13.2 Å². The molecule has 5 nitrogen and oxygen atoms in total. The van der Waals surface area contributed by atoms with Crippen LogP contribution in [0.1, 0.15) is 0 Å². The Morgan fingerprint density at radius 2 is 2.00 bits per heavy atom. The van der Waals surface area contributed by atoms with Crippen LogP contribution in [0.3, 0.4) is 0 Å². The van der Waals surface area contributed by atoms with E-state index in [1.807, 2.05) is 0 Å². The smallest absolute Gasteiger partial charge is 0.394 e. The Kier molecular flexibility index (Phi) is 4.64. The second-order valence-electron chi connectivity index (χ2n) is 4.94. The molecule has 1 saturated heterocycles. The Bertz CT molecular complexity index is 594. The standard InChI is InChI=1S/C13H12BrF3N2O3/c14-7-2-1-3-8(4-7)18-12(22)19-5-9(11(20)21)10(6-19)13(15,16)17/h1-4,9-10H,5-6H2,(H,18,22)(H,20,21)/t9-,10-/m1/s1. The highest BCUT2D eigenvalue weighted by molar-refractivity contribution is 9.10. The molecular formula is C13H12BrF3N2O3. The zero-order valence-corrected chi connectivity index (χ0v) is 12.7. The quantitative estimate of drug-likeness (QED) is 0.827. The van der Waals surface area contributed by atoms with Crippen LogP contribution in [0.25, 0.3) is 0 Å². The topological polar surface area (TPSA) is 69.6 Å². The molecule has 2 N–H and O–H groups in total. The van der Waals surface area contributed by atoms with E-state index in [0.717, 1.165) is 4.90 Å². The van der Waals surface area contributed by atoms with Gasteiger partial charge in [0.25, 0.3) is 0 Å². The fourth-order valence-corrected chi connectivity index (χ4v) is 2.72. The first-order valence-corrected chi connectivity index (χ1v) is 7.09. The molecule has 1 aromatic carbocycles. The van der Waals surface area contributed by atoms with Gasteiger partial charge in [-0.15, -0.1) is 0 Å². The number of rotatable bonds is 2. The molecular weight excluding hydrogens is 369 g/mol. The molecule has 1 heterocycles. The zero-order chi connectivity index (χ0) is 16.5. The normalized spacial score (nSPS) is 21.7. The number of hydrogen-bond acceptors (Lipinski definition) is 2. The van der Waals surface area contributed by atoms with Crippen LogP contribution in [0, 0.1) is 11.8 Å². The molecule has 1 fully saturated rings. The van der Waals surface area contributed by atoms with Gasteiger partial charge in [0.2, 0.25) is 0 Å². The second kappa shape index (κ2) is 6.15. The molecule has 1 aromatic rings. The summed E-state index contributed by atoms with van der Waals surface area (Å²) in [5.41, 5.74) is 0.404. The number of carbonyl (C=O) groups excluding carboxylic acids is 1. The molecule has 0 aliphatic carbocycles. The zero-order valence-electron chi connectivity index (χ0n) is 11.1. The highest BCUT2D eigenvalue weighted by Crippen LogP contribution is 2.37. The van der Waals surface area contributed by atoms with Gasteiger partial charge in [0, 0.05) is 23.2 Å². The minimum atomic E-state index is -4.66. The van der Waals surface area contributed by atoms with Gasteiger partial charge >= 0.3 is 18.2 Å². The lowest BCUT2D eigenvalue weighted by molar-refractivity contribution is -0.187. The van der Waals surface area contributed by atoms with Crippen LogP contribution < -0.4 is 5.32 Å². The summed E-state index contributed by atoms with van der Waals surface area (Å²) in [6, 6.07) is 5.79. The average Bonchev–Trinajstić information content (AvgIpc) is 2.83. The minimum absolute atomic E-state index is 0.404. The molecule has 2 amide bonds. The molecule has 2 rings (SSSR count). The van der Waals surface area contributed by atoms with E-state index in [-0.39, 0.29) is 0 Å². The van der Waals surface area contributed by atoms with Crippen molar-refractivity contribution in [2.45, 2.75) is 6.18 Å². The molecule has 0 unspecified atom stereocenters. The number of anilines is 1. The van der Waals surface area contributed by atoms with E-state index in [9.17, 15) is 22.8 Å². The number of hydrogen-bond donors (Lipinski definition) is 2. The third-order valence-corrected chi connectivity index (χ3v) is 3.91. The summed E-state index contributed by atoms with van der Waals surface area (Å²) < 4.78 is 39.3. The van der Waals surface area contributed by atoms with Gasteiger partial charge < -0.3 is 15.3 Å². The van der Waals surface area contributed by atoms with Crippen molar-refractivity contribution in [1.82, 2.24) is 4.90 Å². The second-order valence-corrected chi connectivity index (χ2v) is 5.85. The molecule has 0 aromatic heterocycles. The lowest BCUT2D eigenvalue weighted by Crippen LogP contribution is -2.35. The number of aliphatic carboxylic acids is 1. The summed E-state index contributed by atoms with van der Waals surface area (Å²) in [5.74, 6) is -5.26. The Labute approximate surface area is 132 Å². The van der Waals surface area contributed by atoms with Crippen molar-refractivity contribution in [3.63, 3.8) is 0 Å². The van der Waals surface area contributed by atoms with E-state index in [1.54, 1.807) is 24.3 Å². The summed E-state index contributed by atoms with van der Waals surface area (Å²) in [6.07, 6.45) is -4.66. The Morgan fingerprint density at radius 1 is 1.32 bits per heavy atom. The van der Waals surface area contributed by atoms with Gasteiger partial charge in [-0.05, 0) is 18.2 Å². The lowest BCUT2D eigenvalue weighted by Gasteiger charge is -2.18. The number of urea groups is 1. The number of carboxylic acids is 1. The van der Waals surface area contributed by atoms with Crippen LogP contribution in [0.5, 0.6) is 0 Å². The van der Waals surface area contributed by atoms with Crippen molar-refractivity contribution in [3.05, 3.63) is 28.7 Å². The van der Waals surface area contributed by atoms with Crippen LogP contribution in [0.15, 0.2) is 28.7 Å². The van der Waals surface area contributed by atoms with Crippen molar-refractivity contribution >= 4 is 33.6 Å². The summed E-state index contributed by atoms with van der Waals surface area (Å²) in [5, 5.41) is 11.4. The first-order chi connectivity index (χ1) is 10.2. The third-order valence-electron chi connectivity index (χ3n) is 3.42. The van der Waals surface area contributed by atoms with Gasteiger partial charge in [0.1, 0.15) is 0 Å². The van der Waals surface area contributed by atoms with Crippen molar-refractivity contribution in [1.29, 1.82) is 0 Å². The highest BCUT2D eigenvalue weighted by atomic mass is 79.9. The molecule has 9 heteroatoms. The maximum absolute atomic E-state index is 12.9. The maximum atomic E-state index is 12.9. The fraction of sp³-hybridized carbons (Fsp3) is 0.385. The van der Waals surface area contributed by atoms with Crippen molar-refractivity contribution < 1.29 is 27.9 Å². The molecule has 22 heavy (non-hydrogen) atoms. The third kappa shape index (κ3) is 3.70. The predicted molar refractivity (Wildman–Crippen MR) is 75.4 cm³/mol. The summed E-state index contributed by atoms with van der Waals surface area (Å²) in [6.45, 7) is -1.14. The number of likely N-dealkylation sites (tertiary alicyclic amines) is 1. The van der Waals surface area contributed by atoms with Crippen LogP contribution in [0.4, 0.5) is 23.7 Å².